The van der Waals surface area contributed by atoms with Gasteiger partial charge < -0.3 is 20.3 Å². The molecule has 2 aliphatic rings. The fourth-order valence-corrected chi connectivity index (χ4v) is 3.40. The van der Waals surface area contributed by atoms with Crippen LogP contribution in [0.2, 0.25) is 0 Å². The molecule has 1 aromatic carbocycles. The van der Waals surface area contributed by atoms with E-state index in [0.29, 0.717) is 13.2 Å². The maximum absolute atomic E-state index is 12.0. The first kappa shape index (κ1) is 18.2. The quantitative estimate of drug-likeness (QED) is 0.712. The van der Waals surface area contributed by atoms with E-state index in [1.807, 2.05) is 0 Å². The van der Waals surface area contributed by atoms with Gasteiger partial charge in [-0.1, -0.05) is 18.2 Å². The number of morpholine rings is 1. The summed E-state index contributed by atoms with van der Waals surface area (Å²) in [5, 5.41) is 6.19. The molecule has 25 heavy (non-hydrogen) atoms. The Bertz CT molecular complexity index is 511. The summed E-state index contributed by atoms with van der Waals surface area (Å²) in [6, 6.07) is 10.5. The summed E-state index contributed by atoms with van der Waals surface area (Å²) in [6.07, 6.45) is 2.15. The van der Waals surface area contributed by atoms with Crippen molar-refractivity contribution in [2.24, 2.45) is 0 Å². The molecule has 6 nitrogen and oxygen atoms in total. The molecule has 0 aliphatic carbocycles. The van der Waals surface area contributed by atoms with Gasteiger partial charge in [0.05, 0.1) is 13.2 Å². The molecule has 2 fully saturated rings. The van der Waals surface area contributed by atoms with Gasteiger partial charge in [0.25, 0.3) is 0 Å². The highest BCUT2D eigenvalue weighted by atomic mass is 16.5. The molecule has 6 heteroatoms. The number of amides is 1. The van der Waals surface area contributed by atoms with E-state index < -0.39 is 0 Å². The molecule has 2 saturated heterocycles. The van der Waals surface area contributed by atoms with Crippen molar-refractivity contribution in [2.45, 2.75) is 18.9 Å². The average molecular weight is 346 g/mol. The lowest BCUT2D eigenvalue weighted by molar-refractivity contribution is -0.125. The predicted molar refractivity (Wildman–Crippen MR) is 99.9 cm³/mol. The van der Waals surface area contributed by atoms with E-state index >= 15 is 0 Å². The van der Waals surface area contributed by atoms with Gasteiger partial charge in [0.2, 0.25) is 5.91 Å². The summed E-state index contributed by atoms with van der Waals surface area (Å²) in [5.74, 6) is 0.0659. The Labute approximate surface area is 150 Å². The number of hydrogen-bond acceptors (Lipinski definition) is 5. The van der Waals surface area contributed by atoms with Crippen LogP contribution in [0, 0.1) is 0 Å². The van der Waals surface area contributed by atoms with E-state index in [1.54, 1.807) is 0 Å². The standard InChI is InChI=1S/C19H30N4O2/c24-19(18-16-25-15-9-20-18)21-8-4-5-10-22-11-13-23(14-12-22)17-6-2-1-3-7-17/h1-3,6-7,18,20H,4-5,8-16H2,(H,21,24). The first-order valence-electron chi connectivity index (χ1n) is 9.44. The predicted octanol–water partition coefficient (Wildman–Crippen LogP) is 0.693. The number of carbonyl (C=O) groups is 1. The molecule has 2 aliphatic heterocycles. The number of nitrogens with one attached hydrogen (secondary N) is 2. The van der Waals surface area contributed by atoms with E-state index in [-0.39, 0.29) is 11.9 Å². The summed E-state index contributed by atoms with van der Waals surface area (Å²) in [7, 11) is 0. The highest BCUT2D eigenvalue weighted by molar-refractivity contribution is 5.81. The largest absolute Gasteiger partial charge is 0.378 e. The molecular formula is C19H30N4O2. The minimum atomic E-state index is -0.181. The Balaban J connectivity index is 1.25. The van der Waals surface area contributed by atoms with Gasteiger partial charge in [-0.15, -0.1) is 0 Å². The van der Waals surface area contributed by atoms with Crippen LogP contribution in [0.5, 0.6) is 0 Å². The van der Waals surface area contributed by atoms with E-state index in [1.165, 1.54) is 5.69 Å². The molecule has 0 aromatic heterocycles. The van der Waals surface area contributed by atoms with Gasteiger partial charge in [-0.05, 0) is 31.5 Å². The summed E-state index contributed by atoms with van der Waals surface area (Å²) in [6.45, 7) is 8.22. The summed E-state index contributed by atoms with van der Waals surface area (Å²) < 4.78 is 5.32. The van der Waals surface area contributed by atoms with Gasteiger partial charge in [-0.25, -0.2) is 0 Å². The molecule has 0 saturated carbocycles. The van der Waals surface area contributed by atoms with Gasteiger partial charge >= 0.3 is 0 Å². The van der Waals surface area contributed by atoms with Crippen LogP contribution in [-0.2, 0) is 9.53 Å². The van der Waals surface area contributed by atoms with Crippen molar-refractivity contribution in [2.75, 3.05) is 63.9 Å². The molecule has 1 amide bonds. The molecule has 1 unspecified atom stereocenters. The summed E-state index contributed by atoms with van der Waals surface area (Å²) in [5.41, 5.74) is 1.32. The molecule has 2 heterocycles. The van der Waals surface area contributed by atoms with Crippen molar-refractivity contribution in [1.29, 1.82) is 0 Å². The van der Waals surface area contributed by atoms with Crippen LogP contribution in [0.1, 0.15) is 12.8 Å². The van der Waals surface area contributed by atoms with E-state index in [9.17, 15) is 4.79 Å². The Kier molecular flexibility index (Phi) is 7.09. The van der Waals surface area contributed by atoms with Crippen LogP contribution >= 0.6 is 0 Å². The van der Waals surface area contributed by atoms with Gasteiger partial charge in [0, 0.05) is 45.0 Å². The SMILES string of the molecule is O=C(NCCCCN1CCN(c2ccccc2)CC1)C1COCCN1. The Morgan fingerprint density at radius 2 is 1.96 bits per heavy atom. The third-order valence-electron chi connectivity index (χ3n) is 4.93. The molecule has 0 spiro atoms. The van der Waals surface area contributed by atoms with Gasteiger partial charge in [0.15, 0.2) is 0 Å². The minimum Gasteiger partial charge on any atom is -0.378 e. The van der Waals surface area contributed by atoms with Crippen molar-refractivity contribution in [3.05, 3.63) is 30.3 Å². The third kappa shape index (κ3) is 5.70. The topological polar surface area (TPSA) is 56.8 Å². The van der Waals surface area contributed by atoms with Crippen LogP contribution < -0.4 is 15.5 Å². The summed E-state index contributed by atoms with van der Waals surface area (Å²) in [4.78, 5) is 16.9. The molecule has 1 atom stereocenters. The normalized spacial score (nSPS) is 21.9. The van der Waals surface area contributed by atoms with Crippen molar-refractivity contribution in [3.63, 3.8) is 0 Å². The average Bonchev–Trinajstić information content (AvgIpc) is 2.69. The number of carbonyl (C=O) groups excluding carboxylic acids is 1. The number of piperazine rings is 1. The van der Waals surface area contributed by atoms with E-state index in [2.05, 4.69) is 50.8 Å². The lowest BCUT2D eigenvalue weighted by atomic mass is 10.2. The second kappa shape index (κ2) is 9.75. The van der Waals surface area contributed by atoms with Crippen molar-refractivity contribution in [3.8, 4) is 0 Å². The first-order chi connectivity index (χ1) is 12.3. The van der Waals surface area contributed by atoms with E-state index in [4.69, 9.17) is 4.74 Å². The van der Waals surface area contributed by atoms with Gasteiger partial charge in [0.1, 0.15) is 6.04 Å². The van der Waals surface area contributed by atoms with Crippen LogP contribution in [0.4, 0.5) is 5.69 Å². The smallest absolute Gasteiger partial charge is 0.239 e. The molecule has 1 aromatic rings. The maximum atomic E-state index is 12.0. The first-order valence-corrected chi connectivity index (χ1v) is 9.44. The van der Waals surface area contributed by atoms with Crippen molar-refractivity contribution < 1.29 is 9.53 Å². The molecule has 0 radical (unpaired) electrons. The van der Waals surface area contributed by atoms with E-state index in [0.717, 1.165) is 58.7 Å². The number of nitrogens with zero attached hydrogens (tertiary/aromatic N) is 2. The monoisotopic (exact) mass is 346 g/mol. The molecule has 3 rings (SSSR count). The number of hydrogen-bond donors (Lipinski definition) is 2. The number of para-hydroxylation sites is 1. The van der Waals surface area contributed by atoms with Gasteiger partial charge in [-0.2, -0.15) is 0 Å². The zero-order valence-electron chi connectivity index (χ0n) is 15.0. The molecular weight excluding hydrogens is 316 g/mol. The number of unbranched alkanes of at least 4 members (excludes halogenated alkanes) is 1. The Morgan fingerprint density at radius 1 is 1.16 bits per heavy atom. The zero-order chi connectivity index (χ0) is 17.3. The van der Waals surface area contributed by atoms with Crippen molar-refractivity contribution >= 4 is 11.6 Å². The highest BCUT2D eigenvalue weighted by Crippen LogP contribution is 2.15. The number of ether oxygens (including phenoxy) is 1. The Hall–Kier alpha value is -1.63. The third-order valence-corrected chi connectivity index (χ3v) is 4.93. The lowest BCUT2D eigenvalue weighted by Gasteiger charge is -2.36. The van der Waals surface area contributed by atoms with Crippen LogP contribution in [0.3, 0.4) is 0 Å². The molecule has 2 N–H and O–H groups in total. The second-order valence-corrected chi connectivity index (χ2v) is 6.74. The van der Waals surface area contributed by atoms with Crippen LogP contribution in [-0.4, -0.2) is 75.9 Å². The minimum absolute atomic E-state index is 0.0659. The fourth-order valence-electron chi connectivity index (χ4n) is 3.40. The zero-order valence-corrected chi connectivity index (χ0v) is 15.0. The van der Waals surface area contributed by atoms with Gasteiger partial charge in [-0.3, -0.25) is 9.69 Å². The lowest BCUT2D eigenvalue weighted by Crippen LogP contribution is -2.51. The second-order valence-electron chi connectivity index (χ2n) is 6.74. The van der Waals surface area contributed by atoms with Crippen LogP contribution in [0.15, 0.2) is 30.3 Å². The molecule has 0 bridgehead atoms. The van der Waals surface area contributed by atoms with Crippen molar-refractivity contribution in [1.82, 2.24) is 15.5 Å². The maximum Gasteiger partial charge on any atom is 0.239 e. The number of anilines is 1. The highest BCUT2D eigenvalue weighted by Gasteiger charge is 2.20. The fraction of sp³-hybridized carbons (Fsp3) is 0.632. The number of benzene rings is 1. The Morgan fingerprint density at radius 3 is 2.68 bits per heavy atom. The van der Waals surface area contributed by atoms with Crippen LogP contribution in [0.25, 0.3) is 0 Å². The number of rotatable bonds is 7. The summed E-state index contributed by atoms with van der Waals surface area (Å²) >= 11 is 0. The molecule has 138 valence electrons.